The van der Waals surface area contributed by atoms with Crippen LogP contribution in [0.25, 0.3) is 0 Å². The first kappa shape index (κ1) is 23.1. The van der Waals surface area contributed by atoms with Crippen LogP contribution in [0, 0.1) is 0 Å². The van der Waals surface area contributed by atoms with Gasteiger partial charge in [-0.1, -0.05) is 0 Å². The highest BCUT2D eigenvalue weighted by Crippen LogP contribution is 2.42. The summed E-state index contributed by atoms with van der Waals surface area (Å²) in [5, 5.41) is -1.31. The quantitative estimate of drug-likeness (QED) is 0.486. The third-order valence-electron chi connectivity index (χ3n) is 7.12. The van der Waals surface area contributed by atoms with Crippen LogP contribution in [0.5, 0.6) is 0 Å². The van der Waals surface area contributed by atoms with E-state index in [1.165, 1.54) is 7.11 Å². The number of sulfonamides is 1. The highest BCUT2D eigenvalue weighted by Gasteiger charge is 2.57. The minimum absolute atomic E-state index is 0.0213. The van der Waals surface area contributed by atoms with Gasteiger partial charge in [0.1, 0.15) is 18.1 Å². The van der Waals surface area contributed by atoms with Crippen molar-refractivity contribution < 1.29 is 26.7 Å². The van der Waals surface area contributed by atoms with Crippen molar-refractivity contribution in [3.05, 3.63) is 0 Å². The largest absolute Gasteiger partial charge is 0.383 e. The van der Waals surface area contributed by atoms with Crippen LogP contribution in [0.15, 0.2) is 0 Å². The van der Waals surface area contributed by atoms with Gasteiger partial charge >= 0.3 is 6.03 Å². The Bertz CT molecular complexity index is 775. The van der Waals surface area contributed by atoms with E-state index in [0.717, 1.165) is 6.42 Å². The molecule has 31 heavy (non-hydrogen) atoms. The molecule has 0 bridgehead atoms. The van der Waals surface area contributed by atoms with Gasteiger partial charge in [0.05, 0.1) is 30.4 Å². The summed E-state index contributed by atoms with van der Waals surface area (Å²) in [6.07, 6.45) is 0.369. The number of hydrogen-bond acceptors (Lipinski definition) is 6. The summed E-state index contributed by atoms with van der Waals surface area (Å²) in [7, 11) is -2.54. The summed E-state index contributed by atoms with van der Waals surface area (Å²) in [6.45, 7) is 1.86. The van der Waals surface area contributed by atoms with Gasteiger partial charge in [0.15, 0.2) is 0 Å². The first-order valence-corrected chi connectivity index (χ1v) is 12.6. The van der Waals surface area contributed by atoms with Crippen molar-refractivity contribution in [1.82, 2.24) is 25.4 Å². The summed E-state index contributed by atoms with van der Waals surface area (Å²) < 4.78 is 62.0. The lowest BCUT2D eigenvalue weighted by molar-refractivity contribution is 0.0818. The normalized spacial score (nSPS) is 37.7. The minimum Gasteiger partial charge on any atom is -0.383 e. The molecule has 2 saturated carbocycles. The highest BCUT2D eigenvalue weighted by atomic mass is 32.2. The van der Waals surface area contributed by atoms with Crippen LogP contribution >= 0.6 is 0 Å². The molecule has 2 amide bonds. The summed E-state index contributed by atoms with van der Waals surface area (Å²) in [6, 6.07) is -0.863. The molecule has 0 radical (unpaired) electrons. The molecule has 6 unspecified atom stereocenters. The first-order valence-electron chi connectivity index (χ1n) is 11.0. The second kappa shape index (κ2) is 8.69. The fourth-order valence-electron chi connectivity index (χ4n) is 5.08. The number of carbonyl (C=O) groups is 1. The number of halogens is 2. The molecule has 2 saturated heterocycles. The molecule has 0 aromatic rings. The zero-order valence-corrected chi connectivity index (χ0v) is 18.8. The van der Waals surface area contributed by atoms with E-state index < -0.39 is 45.7 Å². The molecule has 4 rings (SSSR count). The van der Waals surface area contributed by atoms with Gasteiger partial charge in [0.25, 0.3) is 0 Å². The van der Waals surface area contributed by atoms with Gasteiger partial charge in [-0.25, -0.2) is 32.1 Å². The van der Waals surface area contributed by atoms with E-state index in [-0.39, 0.29) is 31.1 Å². The molecule has 178 valence electrons. The third kappa shape index (κ3) is 4.41. The number of hydrogen-bond donors (Lipinski definition) is 3. The van der Waals surface area contributed by atoms with Gasteiger partial charge in [-0.2, -0.15) is 0 Å². The third-order valence-corrected chi connectivity index (χ3v) is 9.12. The van der Waals surface area contributed by atoms with Crippen molar-refractivity contribution in [2.75, 3.05) is 26.9 Å². The predicted molar refractivity (Wildman–Crippen MR) is 110 cm³/mol. The van der Waals surface area contributed by atoms with Crippen molar-refractivity contribution in [3.8, 4) is 0 Å². The van der Waals surface area contributed by atoms with Crippen LogP contribution in [0.1, 0.15) is 45.4 Å². The molecule has 0 aromatic carbocycles. The Labute approximate surface area is 182 Å². The Morgan fingerprint density at radius 1 is 1.23 bits per heavy atom. The van der Waals surface area contributed by atoms with E-state index in [2.05, 4.69) is 15.6 Å². The van der Waals surface area contributed by atoms with Crippen LogP contribution in [0.3, 0.4) is 0 Å². The number of hydrazine groups is 1. The monoisotopic (exact) mass is 465 g/mol. The van der Waals surface area contributed by atoms with Gasteiger partial charge in [0.2, 0.25) is 10.0 Å². The van der Waals surface area contributed by atoms with Crippen LogP contribution in [0.2, 0.25) is 0 Å². The van der Waals surface area contributed by atoms with Gasteiger partial charge in [0, 0.05) is 26.1 Å². The maximum Gasteiger partial charge on any atom is 0.322 e. The molecule has 0 aromatic heterocycles. The summed E-state index contributed by atoms with van der Waals surface area (Å²) in [5.41, 5.74) is 5.24. The molecule has 2 aliphatic carbocycles. The molecule has 0 spiro atoms. The summed E-state index contributed by atoms with van der Waals surface area (Å²) in [4.78, 5) is 16.6. The number of nitrogens with one attached hydrogen (secondary N) is 3. The fraction of sp³-hybridized carbons (Fsp3) is 0.947. The molecule has 3 N–H and O–H groups in total. The van der Waals surface area contributed by atoms with Gasteiger partial charge in [-0.05, 0) is 39.0 Å². The van der Waals surface area contributed by atoms with Crippen molar-refractivity contribution >= 4 is 16.1 Å². The fourth-order valence-corrected chi connectivity index (χ4v) is 7.04. The smallest absolute Gasteiger partial charge is 0.322 e. The van der Waals surface area contributed by atoms with E-state index in [1.54, 1.807) is 9.80 Å². The lowest BCUT2D eigenvalue weighted by Crippen LogP contribution is -2.62. The van der Waals surface area contributed by atoms with Crippen LogP contribution in [-0.2, 0) is 14.8 Å². The van der Waals surface area contributed by atoms with Crippen molar-refractivity contribution in [2.45, 2.75) is 86.7 Å². The first-order chi connectivity index (χ1) is 14.7. The second-order valence-corrected chi connectivity index (χ2v) is 11.3. The van der Waals surface area contributed by atoms with Gasteiger partial charge in [-0.15, -0.1) is 0 Å². The number of fused-ring (bicyclic) bond motifs is 1. The Balaban J connectivity index is 1.57. The lowest BCUT2D eigenvalue weighted by atomic mass is 9.88. The van der Waals surface area contributed by atoms with E-state index in [1.807, 2.05) is 6.92 Å². The molecular weight excluding hydrogens is 432 g/mol. The van der Waals surface area contributed by atoms with Crippen molar-refractivity contribution in [2.24, 2.45) is 0 Å². The highest BCUT2D eigenvalue weighted by molar-refractivity contribution is 7.90. The molecule has 4 fully saturated rings. The standard InChI is InChI=1S/C19H33F2N5O4S/c1-12-3-4-17(23-22-12)26-15-10-16(31(28,29)24-19(11-20)5-6-19)13(21)9-14(15)25(18(26)27)7-8-30-2/h12-17,22-24H,3-11H2,1-2H3. The number of amides is 2. The van der Waals surface area contributed by atoms with Crippen LogP contribution in [-0.4, -0.2) is 92.4 Å². The SMILES string of the molecule is COCCN1C(=O)N(C2CCC(C)NN2)C2CC(S(=O)(=O)NC3(CF)CC3)C(F)CC21. The topological polar surface area (TPSA) is 103 Å². The van der Waals surface area contributed by atoms with Crippen LogP contribution < -0.4 is 15.6 Å². The van der Waals surface area contributed by atoms with Crippen molar-refractivity contribution in [1.29, 1.82) is 0 Å². The van der Waals surface area contributed by atoms with E-state index in [4.69, 9.17) is 4.74 Å². The Hall–Kier alpha value is -1.08. The Kier molecular flexibility index (Phi) is 6.48. The second-order valence-electron chi connectivity index (χ2n) is 9.38. The zero-order valence-electron chi connectivity index (χ0n) is 18.0. The predicted octanol–water partition coefficient (Wildman–Crippen LogP) is 0.632. The van der Waals surface area contributed by atoms with E-state index in [0.29, 0.717) is 32.4 Å². The minimum atomic E-state index is -4.08. The van der Waals surface area contributed by atoms with Crippen LogP contribution in [0.4, 0.5) is 13.6 Å². The average Bonchev–Trinajstić information content (AvgIpc) is 3.44. The number of alkyl halides is 2. The molecule has 4 aliphatic rings. The maximum atomic E-state index is 15.2. The molecule has 9 nitrogen and oxygen atoms in total. The van der Waals surface area contributed by atoms with Gasteiger partial charge < -0.3 is 14.5 Å². The summed E-state index contributed by atoms with van der Waals surface area (Å²) in [5.74, 6) is 0. The lowest BCUT2D eigenvalue weighted by Gasteiger charge is -2.42. The number of urea groups is 1. The molecule has 2 aliphatic heterocycles. The molecular formula is C19H33F2N5O4S. The molecule has 6 atom stereocenters. The summed E-state index contributed by atoms with van der Waals surface area (Å²) >= 11 is 0. The zero-order chi connectivity index (χ0) is 22.4. The maximum absolute atomic E-state index is 15.2. The number of methoxy groups -OCH3 is 1. The Morgan fingerprint density at radius 2 is 1.97 bits per heavy atom. The average molecular weight is 466 g/mol. The van der Waals surface area contributed by atoms with Crippen molar-refractivity contribution in [3.63, 3.8) is 0 Å². The van der Waals surface area contributed by atoms with E-state index >= 15 is 4.39 Å². The Morgan fingerprint density at radius 3 is 2.55 bits per heavy atom. The van der Waals surface area contributed by atoms with E-state index in [9.17, 15) is 17.6 Å². The number of carbonyl (C=O) groups excluding carboxylic acids is 1. The molecule has 2 heterocycles. The number of nitrogens with zero attached hydrogens (tertiary/aromatic N) is 2. The van der Waals surface area contributed by atoms with Gasteiger partial charge in [-0.3, -0.25) is 5.43 Å². The molecule has 12 heteroatoms. The number of ether oxygens (including phenoxy) is 1. The number of rotatable bonds is 8.